The standard InChI is InChI=1S/C17H34O5.2C17H32O3.2C17H32O2.CH4/c1-22-17(21)13-9-4-2-3-7-11-15(19)16(20)12-8-5-6-10-14-18;2*1-20-17(19)15-13-11-9-7-5-3-2-4-6-8-10-12-14-16-18;2*1-3-4-5-6-7-8-9-10-11-12-13-14-15-16-17(18)19-2;/h15-16,18-20H,2-14H2,1H3;2*2,4,18H,3,5-16H2,1H3;2*8-9H,3-7,10-16H2,1-2H3;1H4/b;4-2+;4-2-;9-8+;9-8-;. The quantitative estimate of drug-likeness (QED) is 0.0165. The smallest absolute Gasteiger partial charge is 0.305 e. The van der Waals surface area contributed by atoms with Crippen LogP contribution in [0.15, 0.2) is 48.6 Å². The zero-order valence-corrected chi connectivity index (χ0v) is 66.1. The predicted molar refractivity (Wildman–Crippen MR) is 425 cm³/mol. The predicted octanol–water partition coefficient (Wildman–Crippen LogP) is 22.8. The van der Waals surface area contributed by atoms with E-state index in [9.17, 15) is 34.2 Å². The average Bonchev–Trinajstić information content (AvgIpc) is 2.82. The number of methoxy groups -OCH3 is 5. The van der Waals surface area contributed by atoms with Crippen molar-refractivity contribution in [2.24, 2.45) is 0 Å². The Morgan fingerprint density at radius 1 is 0.238 bits per heavy atom. The first-order valence-electron chi connectivity index (χ1n) is 41.0. The van der Waals surface area contributed by atoms with Gasteiger partial charge in [0.1, 0.15) is 0 Å². The Morgan fingerprint density at radius 2 is 0.386 bits per heavy atom. The normalized spacial score (nSPS) is 11.6. The van der Waals surface area contributed by atoms with E-state index in [1.807, 2.05) is 0 Å². The van der Waals surface area contributed by atoms with Crippen LogP contribution in [0.2, 0.25) is 0 Å². The molecule has 0 aromatic rings. The average molecular weight is 1440 g/mol. The molecule has 0 rings (SSSR count). The maximum absolute atomic E-state index is 10.9. The van der Waals surface area contributed by atoms with Crippen molar-refractivity contribution < 1.29 is 73.2 Å². The number of hydrogen-bond acceptors (Lipinski definition) is 15. The van der Waals surface area contributed by atoms with Crippen LogP contribution in [-0.2, 0) is 47.7 Å². The zero-order chi connectivity index (χ0) is 74.8. The van der Waals surface area contributed by atoms with Gasteiger partial charge in [-0.2, -0.15) is 0 Å². The van der Waals surface area contributed by atoms with Crippen molar-refractivity contribution in [2.45, 2.75) is 419 Å². The summed E-state index contributed by atoms with van der Waals surface area (Å²) in [5.41, 5.74) is 0. The molecule has 0 aliphatic carbocycles. The van der Waals surface area contributed by atoms with Crippen molar-refractivity contribution in [1.82, 2.24) is 0 Å². The van der Waals surface area contributed by atoms with Gasteiger partial charge in [-0.05, 0) is 167 Å². The van der Waals surface area contributed by atoms with Gasteiger partial charge in [0.2, 0.25) is 0 Å². The molecule has 0 aromatic carbocycles. The molecule has 2 atom stereocenters. The third-order valence-electron chi connectivity index (χ3n) is 17.6. The van der Waals surface area contributed by atoms with Crippen LogP contribution in [-0.4, -0.2) is 123 Å². The fraction of sp³-hybridized carbons (Fsp3) is 0.849. The number of unbranched alkanes of at least 4 members (excludes halogenated alkanes) is 43. The molecule has 600 valence electrons. The van der Waals surface area contributed by atoms with Gasteiger partial charge in [0.15, 0.2) is 0 Å². The molecule has 15 nitrogen and oxygen atoms in total. The fourth-order valence-electron chi connectivity index (χ4n) is 10.9. The van der Waals surface area contributed by atoms with Gasteiger partial charge in [0.25, 0.3) is 0 Å². The first kappa shape index (κ1) is 108. The summed E-state index contributed by atoms with van der Waals surface area (Å²) in [6, 6.07) is 0. The van der Waals surface area contributed by atoms with Gasteiger partial charge in [0.05, 0.1) is 47.8 Å². The molecule has 0 amide bonds. The molecule has 0 aliphatic heterocycles. The molecule has 0 heterocycles. The summed E-state index contributed by atoms with van der Waals surface area (Å²) >= 11 is 0. The number of rotatable bonds is 69. The number of ether oxygens (including phenoxy) is 5. The van der Waals surface area contributed by atoms with E-state index in [1.54, 1.807) is 0 Å². The molecule has 0 saturated carbocycles. The van der Waals surface area contributed by atoms with E-state index in [4.69, 9.17) is 15.3 Å². The van der Waals surface area contributed by atoms with Crippen molar-refractivity contribution in [1.29, 1.82) is 0 Å². The van der Waals surface area contributed by atoms with Gasteiger partial charge in [-0.1, -0.05) is 256 Å². The van der Waals surface area contributed by atoms with Crippen LogP contribution in [0.1, 0.15) is 407 Å². The Balaban J connectivity index is -0.000000279. The molecule has 0 spiro atoms. The summed E-state index contributed by atoms with van der Waals surface area (Å²) in [6.07, 6.45) is 82.8. The highest BCUT2D eigenvalue weighted by atomic mass is 16.5. The Morgan fingerprint density at radius 3 is 0.554 bits per heavy atom. The van der Waals surface area contributed by atoms with Gasteiger partial charge in [-0.25, -0.2) is 0 Å². The highest BCUT2D eigenvalue weighted by molar-refractivity contribution is 5.70. The highest BCUT2D eigenvalue weighted by Gasteiger charge is 2.15. The zero-order valence-electron chi connectivity index (χ0n) is 66.1. The number of aliphatic hydroxyl groups excluding tert-OH is 5. The summed E-state index contributed by atoms with van der Waals surface area (Å²) in [5.74, 6) is -0.492. The summed E-state index contributed by atoms with van der Waals surface area (Å²) in [4.78, 5) is 54.5. The molecule has 0 saturated heterocycles. The minimum atomic E-state index is -0.632. The second-order valence-electron chi connectivity index (χ2n) is 26.9. The van der Waals surface area contributed by atoms with Crippen molar-refractivity contribution in [3.05, 3.63) is 48.6 Å². The lowest BCUT2D eigenvalue weighted by Crippen LogP contribution is -2.25. The molecule has 0 radical (unpaired) electrons. The molecular formula is C86H166O15. The van der Waals surface area contributed by atoms with E-state index in [-0.39, 0.29) is 43.9 Å². The van der Waals surface area contributed by atoms with E-state index in [0.717, 1.165) is 135 Å². The second kappa shape index (κ2) is 100. The number of carbonyl (C=O) groups excluding carboxylic acids is 5. The van der Waals surface area contributed by atoms with E-state index >= 15 is 0 Å². The summed E-state index contributed by atoms with van der Waals surface area (Å²) in [6.45, 7) is 5.39. The minimum Gasteiger partial charge on any atom is -0.469 e. The first-order valence-corrected chi connectivity index (χ1v) is 41.0. The van der Waals surface area contributed by atoms with Gasteiger partial charge in [0, 0.05) is 51.9 Å². The molecule has 2 unspecified atom stereocenters. The van der Waals surface area contributed by atoms with Crippen LogP contribution >= 0.6 is 0 Å². The lowest BCUT2D eigenvalue weighted by atomic mass is 10.00. The van der Waals surface area contributed by atoms with E-state index < -0.39 is 12.2 Å². The molecule has 0 aromatic heterocycles. The molecule has 15 heteroatoms. The van der Waals surface area contributed by atoms with Crippen LogP contribution < -0.4 is 0 Å². The molecule has 101 heavy (non-hydrogen) atoms. The Hall–Kier alpha value is -3.89. The Labute approximate surface area is 622 Å². The number of carbonyl (C=O) groups is 5. The topological polar surface area (TPSA) is 233 Å². The monoisotopic (exact) mass is 1440 g/mol. The molecule has 0 bridgehead atoms. The Bertz CT molecular complexity index is 1650. The molecule has 0 aliphatic rings. The van der Waals surface area contributed by atoms with Crippen molar-refractivity contribution >= 4 is 29.8 Å². The third-order valence-corrected chi connectivity index (χ3v) is 17.6. The largest absolute Gasteiger partial charge is 0.469 e. The van der Waals surface area contributed by atoms with Crippen molar-refractivity contribution in [3.63, 3.8) is 0 Å². The van der Waals surface area contributed by atoms with Crippen molar-refractivity contribution in [3.8, 4) is 0 Å². The summed E-state index contributed by atoms with van der Waals surface area (Å²) in [5, 5.41) is 45.7. The van der Waals surface area contributed by atoms with Crippen LogP contribution in [0.5, 0.6) is 0 Å². The van der Waals surface area contributed by atoms with Gasteiger partial charge in [-0.15, -0.1) is 0 Å². The van der Waals surface area contributed by atoms with Gasteiger partial charge in [-0.3, -0.25) is 24.0 Å². The number of esters is 5. The highest BCUT2D eigenvalue weighted by Crippen LogP contribution is 2.17. The first-order chi connectivity index (χ1) is 48.8. The maximum Gasteiger partial charge on any atom is 0.305 e. The van der Waals surface area contributed by atoms with Crippen molar-refractivity contribution in [2.75, 3.05) is 55.4 Å². The number of allylic oxidation sites excluding steroid dienone is 8. The van der Waals surface area contributed by atoms with Gasteiger partial charge >= 0.3 is 29.8 Å². The molecule has 5 N–H and O–H groups in total. The van der Waals surface area contributed by atoms with Crippen LogP contribution in [0.4, 0.5) is 0 Å². The lowest BCUT2D eigenvalue weighted by Gasteiger charge is -2.17. The number of aliphatic hydroxyl groups is 5. The molecule has 0 fully saturated rings. The fourth-order valence-corrected chi connectivity index (χ4v) is 10.9. The van der Waals surface area contributed by atoms with E-state index in [0.29, 0.717) is 58.2 Å². The number of hydrogen-bond donors (Lipinski definition) is 5. The molecular weight excluding hydrogens is 1270 g/mol. The van der Waals surface area contributed by atoms with E-state index in [2.05, 4.69) is 86.1 Å². The summed E-state index contributed by atoms with van der Waals surface area (Å²) < 4.78 is 23.0. The SMILES string of the molecule is C.CCCCCC/C=C/CCCCCCCC(=O)OC.CCCCCC/C=C\CCCCCCCC(=O)OC.COC(=O)CCCCCCC/C=C/CCCCCCO.COC(=O)CCCCCCC/C=C\CCCCCCO.COC(=O)CCCCCCCC(O)C(O)CCCCCCO. The Kier molecular flexibility index (Phi) is 107. The minimum absolute atomic E-state index is 0. The third kappa shape index (κ3) is 107. The lowest BCUT2D eigenvalue weighted by molar-refractivity contribution is -0.141. The van der Waals surface area contributed by atoms with Crippen LogP contribution in [0, 0.1) is 0 Å². The van der Waals surface area contributed by atoms with Crippen LogP contribution in [0.3, 0.4) is 0 Å². The summed E-state index contributed by atoms with van der Waals surface area (Å²) in [7, 11) is 7.21. The van der Waals surface area contributed by atoms with Gasteiger partial charge < -0.3 is 49.2 Å². The second-order valence-corrected chi connectivity index (χ2v) is 26.9. The maximum atomic E-state index is 10.9. The van der Waals surface area contributed by atoms with Crippen LogP contribution in [0.25, 0.3) is 0 Å². The van der Waals surface area contributed by atoms with E-state index in [1.165, 1.54) is 241 Å².